The molecular weight excluding hydrogens is 217 g/mol. The van der Waals surface area contributed by atoms with Gasteiger partial charge in [0.2, 0.25) is 0 Å². The molecule has 1 N–H and O–H groups in total. The Morgan fingerprint density at radius 3 is 2.50 bits per heavy atom. The van der Waals surface area contributed by atoms with Gasteiger partial charge in [0.15, 0.2) is 0 Å². The molecule has 0 aromatic heterocycles. The van der Waals surface area contributed by atoms with Crippen LogP contribution < -0.4 is 5.32 Å². The Morgan fingerprint density at radius 1 is 1.29 bits per heavy atom. The van der Waals surface area contributed by atoms with Crippen LogP contribution in [0.4, 0.5) is 0 Å². The van der Waals surface area contributed by atoms with Crippen LogP contribution in [-0.4, -0.2) is 13.6 Å². The molecular formula is C11H15Cl2N. The van der Waals surface area contributed by atoms with Crippen molar-refractivity contribution in [3.8, 4) is 0 Å². The lowest BCUT2D eigenvalue weighted by molar-refractivity contribution is 0.612. The van der Waals surface area contributed by atoms with Gasteiger partial charge in [-0.2, -0.15) is 0 Å². The van der Waals surface area contributed by atoms with Crippen molar-refractivity contribution in [2.24, 2.45) is 0 Å². The first-order valence-electron chi connectivity index (χ1n) is 4.78. The predicted molar refractivity (Wildman–Crippen MR) is 63.4 cm³/mol. The maximum Gasteiger partial charge on any atom is 0.0595 e. The largest absolute Gasteiger partial charge is 0.319 e. The van der Waals surface area contributed by atoms with Gasteiger partial charge in [-0.15, -0.1) is 0 Å². The molecule has 0 amide bonds. The van der Waals surface area contributed by atoms with E-state index < -0.39 is 0 Å². The zero-order valence-corrected chi connectivity index (χ0v) is 9.99. The van der Waals surface area contributed by atoms with Gasteiger partial charge in [-0.25, -0.2) is 0 Å². The summed E-state index contributed by atoms with van der Waals surface area (Å²) in [6.07, 6.45) is 1.10. The second-order valence-electron chi connectivity index (χ2n) is 3.34. The molecule has 0 saturated carbocycles. The van der Waals surface area contributed by atoms with Crippen LogP contribution in [0.25, 0.3) is 0 Å². The Kier molecular flexibility index (Phi) is 4.73. The van der Waals surface area contributed by atoms with E-state index in [0.717, 1.165) is 13.0 Å². The Balaban J connectivity index is 2.88. The first kappa shape index (κ1) is 11.8. The summed E-state index contributed by atoms with van der Waals surface area (Å²) in [6, 6.07) is 5.85. The molecule has 1 unspecified atom stereocenters. The third-order valence-corrected chi connectivity index (χ3v) is 3.10. The highest BCUT2D eigenvalue weighted by Crippen LogP contribution is 2.27. The molecule has 0 heterocycles. The standard InChI is InChI=1S/C11H15Cl2N/c1-3-8(7-14-2)9-4-5-10(12)11(13)6-9/h4-6,8,14H,3,7H2,1-2H3. The van der Waals surface area contributed by atoms with Gasteiger partial charge >= 0.3 is 0 Å². The van der Waals surface area contributed by atoms with E-state index in [2.05, 4.69) is 12.2 Å². The van der Waals surface area contributed by atoms with Crippen LogP contribution in [0, 0.1) is 0 Å². The highest BCUT2D eigenvalue weighted by molar-refractivity contribution is 6.42. The van der Waals surface area contributed by atoms with E-state index in [1.807, 2.05) is 25.2 Å². The third-order valence-electron chi connectivity index (χ3n) is 2.36. The summed E-state index contributed by atoms with van der Waals surface area (Å²) in [4.78, 5) is 0. The van der Waals surface area contributed by atoms with E-state index in [0.29, 0.717) is 16.0 Å². The fourth-order valence-electron chi connectivity index (χ4n) is 1.51. The van der Waals surface area contributed by atoms with Crippen molar-refractivity contribution < 1.29 is 0 Å². The average molecular weight is 232 g/mol. The zero-order chi connectivity index (χ0) is 10.6. The Labute approximate surface area is 95.4 Å². The molecule has 0 aliphatic carbocycles. The van der Waals surface area contributed by atoms with Crippen LogP contribution in [0.3, 0.4) is 0 Å². The minimum absolute atomic E-state index is 0.509. The van der Waals surface area contributed by atoms with Crippen molar-refractivity contribution >= 4 is 23.2 Å². The number of hydrogen-bond donors (Lipinski definition) is 1. The number of halogens is 2. The summed E-state index contributed by atoms with van der Waals surface area (Å²) in [5, 5.41) is 4.43. The minimum atomic E-state index is 0.509. The first-order valence-corrected chi connectivity index (χ1v) is 5.54. The average Bonchev–Trinajstić information content (AvgIpc) is 2.19. The molecule has 0 saturated heterocycles. The quantitative estimate of drug-likeness (QED) is 0.834. The minimum Gasteiger partial charge on any atom is -0.319 e. The highest BCUT2D eigenvalue weighted by atomic mass is 35.5. The van der Waals surface area contributed by atoms with E-state index >= 15 is 0 Å². The summed E-state index contributed by atoms with van der Waals surface area (Å²) in [7, 11) is 1.96. The second kappa shape index (κ2) is 5.59. The predicted octanol–water partition coefficient (Wildman–Crippen LogP) is 3.71. The molecule has 1 atom stereocenters. The van der Waals surface area contributed by atoms with Gasteiger partial charge in [0.25, 0.3) is 0 Å². The molecule has 14 heavy (non-hydrogen) atoms. The van der Waals surface area contributed by atoms with Crippen LogP contribution in [0.15, 0.2) is 18.2 Å². The molecule has 1 nitrogen and oxygen atoms in total. The lowest BCUT2D eigenvalue weighted by Gasteiger charge is -2.15. The van der Waals surface area contributed by atoms with Gasteiger partial charge in [-0.1, -0.05) is 36.2 Å². The lowest BCUT2D eigenvalue weighted by Crippen LogP contribution is -2.16. The van der Waals surface area contributed by atoms with Crippen LogP contribution in [0.1, 0.15) is 24.8 Å². The molecule has 1 rings (SSSR count). The number of likely N-dealkylation sites (N-methyl/N-ethyl adjacent to an activating group) is 1. The Morgan fingerprint density at radius 2 is 2.00 bits per heavy atom. The smallest absolute Gasteiger partial charge is 0.0595 e. The molecule has 0 aliphatic rings. The van der Waals surface area contributed by atoms with Crippen molar-refractivity contribution in [3.05, 3.63) is 33.8 Å². The van der Waals surface area contributed by atoms with Gasteiger partial charge < -0.3 is 5.32 Å². The Hall–Kier alpha value is -0.240. The van der Waals surface area contributed by atoms with Crippen molar-refractivity contribution in [3.63, 3.8) is 0 Å². The summed E-state index contributed by atoms with van der Waals surface area (Å²) >= 11 is 11.8. The van der Waals surface area contributed by atoms with E-state index in [1.165, 1.54) is 5.56 Å². The summed E-state index contributed by atoms with van der Waals surface area (Å²) < 4.78 is 0. The molecule has 0 radical (unpaired) electrons. The van der Waals surface area contributed by atoms with Gasteiger partial charge in [0, 0.05) is 6.54 Å². The maximum absolute atomic E-state index is 5.96. The Bertz CT molecular complexity index is 299. The lowest BCUT2D eigenvalue weighted by atomic mass is 9.97. The first-order chi connectivity index (χ1) is 6.69. The molecule has 0 aliphatic heterocycles. The molecule has 1 aromatic rings. The van der Waals surface area contributed by atoms with E-state index in [4.69, 9.17) is 23.2 Å². The SMILES string of the molecule is CCC(CNC)c1ccc(Cl)c(Cl)c1. The molecule has 0 fully saturated rings. The van der Waals surface area contributed by atoms with Crippen LogP contribution in [-0.2, 0) is 0 Å². The van der Waals surface area contributed by atoms with Crippen molar-refractivity contribution in [2.75, 3.05) is 13.6 Å². The number of rotatable bonds is 4. The van der Waals surface area contributed by atoms with Gasteiger partial charge in [-0.3, -0.25) is 0 Å². The summed E-state index contributed by atoms with van der Waals surface area (Å²) in [5.74, 6) is 0.509. The zero-order valence-electron chi connectivity index (χ0n) is 8.48. The van der Waals surface area contributed by atoms with Gasteiger partial charge in [-0.05, 0) is 37.1 Å². The highest BCUT2D eigenvalue weighted by Gasteiger charge is 2.09. The topological polar surface area (TPSA) is 12.0 Å². The van der Waals surface area contributed by atoms with Crippen LogP contribution >= 0.6 is 23.2 Å². The number of hydrogen-bond acceptors (Lipinski definition) is 1. The number of nitrogens with one attached hydrogen (secondary N) is 1. The molecule has 0 bridgehead atoms. The fraction of sp³-hybridized carbons (Fsp3) is 0.455. The normalized spacial score (nSPS) is 12.9. The van der Waals surface area contributed by atoms with Gasteiger partial charge in [0.05, 0.1) is 10.0 Å². The van der Waals surface area contributed by atoms with Crippen molar-refractivity contribution in [1.29, 1.82) is 0 Å². The molecule has 1 aromatic carbocycles. The van der Waals surface area contributed by atoms with E-state index in [1.54, 1.807) is 0 Å². The number of benzene rings is 1. The van der Waals surface area contributed by atoms with E-state index in [-0.39, 0.29) is 0 Å². The van der Waals surface area contributed by atoms with E-state index in [9.17, 15) is 0 Å². The second-order valence-corrected chi connectivity index (χ2v) is 4.15. The van der Waals surface area contributed by atoms with Crippen LogP contribution in [0.2, 0.25) is 10.0 Å². The molecule has 0 spiro atoms. The summed E-state index contributed by atoms with van der Waals surface area (Å²) in [5.41, 5.74) is 1.25. The van der Waals surface area contributed by atoms with Crippen molar-refractivity contribution in [2.45, 2.75) is 19.3 Å². The summed E-state index contributed by atoms with van der Waals surface area (Å²) in [6.45, 7) is 3.14. The fourth-order valence-corrected chi connectivity index (χ4v) is 1.82. The van der Waals surface area contributed by atoms with Crippen LogP contribution in [0.5, 0.6) is 0 Å². The molecule has 3 heteroatoms. The maximum atomic E-state index is 5.96. The van der Waals surface area contributed by atoms with Gasteiger partial charge in [0.1, 0.15) is 0 Å². The monoisotopic (exact) mass is 231 g/mol. The van der Waals surface area contributed by atoms with Crippen molar-refractivity contribution in [1.82, 2.24) is 5.32 Å². The molecule has 78 valence electrons. The third kappa shape index (κ3) is 2.88.